The highest BCUT2D eigenvalue weighted by atomic mass is 79.9. The van der Waals surface area contributed by atoms with Gasteiger partial charge in [0.1, 0.15) is 0 Å². The second kappa shape index (κ2) is 3.41. The molecule has 1 aromatic carbocycles. The molecule has 0 saturated carbocycles. The maximum absolute atomic E-state index is 11.2. The minimum atomic E-state index is -0.0154. The van der Waals surface area contributed by atoms with Gasteiger partial charge in [-0.3, -0.25) is 9.36 Å². The van der Waals surface area contributed by atoms with Crippen molar-refractivity contribution in [3.05, 3.63) is 33.9 Å². The molecule has 0 bridgehead atoms. The van der Waals surface area contributed by atoms with Crippen molar-refractivity contribution in [1.29, 1.82) is 0 Å². The standard InChI is InChI=1S/C10H7BrClNO/c1-6(14)13-5-4-7-9(13)3-2-8(11)10(7)12/h2-5H,1H3. The number of halogens is 2. The Kier molecular flexibility index (Phi) is 2.37. The first kappa shape index (κ1) is 9.74. The van der Waals surface area contributed by atoms with Crippen LogP contribution in [0.15, 0.2) is 28.9 Å². The lowest BCUT2D eigenvalue weighted by Gasteiger charge is -2.01. The molecule has 1 aromatic heterocycles. The molecule has 0 aliphatic heterocycles. The third kappa shape index (κ3) is 1.37. The van der Waals surface area contributed by atoms with Crippen molar-refractivity contribution in [2.75, 3.05) is 0 Å². The number of fused-ring (bicyclic) bond motifs is 1. The largest absolute Gasteiger partial charge is 0.287 e. The summed E-state index contributed by atoms with van der Waals surface area (Å²) in [6.07, 6.45) is 1.73. The molecule has 2 nitrogen and oxygen atoms in total. The maximum atomic E-state index is 11.2. The van der Waals surface area contributed by atoms with Crippen LogP contribution in [-0.2, 0) is 0 Å². The fraction of sp³-hybridized carbons (Fsp3) is 0.100. The van der Waals surface area contributed by atoms with Crippen molar-refractivity contribution in [2.24, 2.45) is 0 Å². The molecule has 0 radical (unpaired) electrons. The van der Waals surface area contributed by atoms with E-state index in [1.165, 1.54) is 6.92 Å². The molecule has 72 valence electrons. The first-order valence-electron chi connectivity index (χ1n) is 4.07. The number of hydrogen-bond acceptors (Lipinski definition) is 1. The van der Waals surface area contributed by atoms with E-state index < -0.39 is 0 Å². The molecule has 0 atom stereocenters. The minimum Gasteiger partial charge on any atom is -0.287 e. The average Bonchev–Trinajstić information content (AvgIpc) is 2.55. The van der Waals surface area contributed by atoms with Crippen LogP contribution in [0.25, 0.3) is 10.9 Å². The van der Waals surface area contributed by atoms with E-state index >= 15 is 0 Å². The Morgan fingerprint density at radius 2 is 2.14 bits per heavy atom. The molecule has 1 heterocycles. The Labute approximate surface area is 94.6 Å². The van der Waals surface area contributed by atoms with Gasteiger partial charge in [0.15, 0.2) is 0 Å². The van der Waals surface area contributed by atoms with Gasteiger partial charge in [0.2, 0.25) is 5.91 Å². The van der Waals surface area contributed by atoms with E-state index in [9.17, 15) is 4.79 Å². The Balaban J connectivity index is 2.83. The summed E-state index contributed by atoms with van der Waals surface area (Å²) in [7, 11) is 0. The molecule has 14 heavy (non-hydrogen) atoms. The van der Waals surface area contributed by atoms with Crippen molar-refractivity contribution in [3.63, 3.8) is 0 Å². The lowest BCUT2D eigenvalue weighted by molar-refractivity contribution is 0.0941. The molecule has 0 unspecified atom stereocenters. The lowest BCUT2D eigenvalue weighted by Crippen LogP contribution is -2.02. The van der Waals surface area contributed by atoms with E-state index in [4.69, 9.17) is 11.6 Å². The summed E-state index contributed by atoms with van der Waals surface area (Å²) in [5.74, 6) is -0.0154. The number of rotatable bonds is 0. The molecule has 2 aromatic rings. The van der Waals surface area contributed by atoms with Crippen LogP contribution in [0, 0.1) is 0 Å². The summed E-state index contributed by atoms with van der Waals surface area (Å²) in [5.41, 5.74) is 0.839. The predicted molar refractivity (Wildman–Crippen MR) is 60.9 cm³/mol. The van der Waals surface area contributed by atoms with Crippen molar-refractivity contribution in [1.82, 2.24) is 4.57 Å². The van der Waals surface area contributed by atoms with Crippen LogP contribution in [0.3, 0.4) is 0 Å². The fourth-order valence-corrected chi connectivity index (χ4v) is 2.00. The number of nitrogens with zero attached hydrogens (tertiary/aromatic N) is 1. The van der Waals surface area contributed by atoms with Crippen LogP contribution in [0.5, 0.6) is 0 Å². The van der Waals surface area contributed by atoms with Crippen LogP contribution in [0.1, 0.15) is 11.7 Å². The second-order valence-corrected chi connectivity index (χ2v) is 4.23. The molecular weight excluding hydrogens is 265 g/mol. The molecule has 0 amide bonds. The summed E-state index contributed by atoms with van der Waals surface area (Å²) in [6, 6.07) is 5.54. The quantitative estimate of drug-likeness (QED) is 0.716. The van der Waals surface area contributed by atoms with Gasteiger partial charge in [-0.2, -0.15) is 0 Å². The fourth-order valence-electron chi connectivity index (χ4n) is 1.43. The van der Waals surface area contributed by atoms with Crippen LogP contribution in [0.2, 0.25) is 5.02 Å². The Hall–Kier alpha value is -0.800. The van der Waals surface area contributed by atoms with Gasteiger partial charge < -0.3 is 0 Å². The zero-order chi connectivity index (χ0) is 10.3. The summed E-state index contributed by atoms with van der Waals surface area (Å²) in [4.78, 5) is 11.2. The van der Waals surface area contributed by atoms with Gasteiger partial charge in [0.25, 0.3) is 0 Å². The molecule has 0 aliphatic rings. The zero-order valence-electron chi connectivity index (χ0n) is 7.42. The van der Waals surface area contributed by atoms with Crippen LogP contribution in [-0.4, -0.2) is 10.5 Å². The Morgan fingerprint density at radius 1 is 1.43 bits per heavy atom. The summed E-state index contributed by atoms with van der Waals surface area (Å²) in [5, 5.41) is 1.53. The second-order valence-electron chi connectivity index (χ2n) is 3.00. The number of hydrogen-bond donors (Lipinski definition) is 0. The summed E-state index contributed by atoms with van der Waals surface area (Å²) >= 11 is 9.41. The van der Waals surface area contributed by atoms with E-state index in [1.54, 1.807) is 10.8 Å². The third-order valence-electron chi connectivity index (χ3n) is 2.10. The SMILES string of the molecule is CC(=O)n1ccc2c(Cl)c(Br)ccc21. The van der Waals surface area contributed by atoms with Crippen LogP contribution in [0.4, 0.5) is 0 Å². The van der Waals surface area contributed by atoms with Crippen LogP contribution >= 0.6 is 27.5 Å². The normalized spacial score (nSPS) is 10.8. The summed E-state index contributed by atoms with van der Waals surface area (Å²) < 4.78 is 2.42. The molecule has 0 spiro atoms. The number of benzene rings is 1. The van der Waals surface area contributed by atoms with Gasteiger partial charge in [-0.1, -0.05) is 11.6 Å². The first-order valence-corrected chi connectivity index (χ1v) is 5.24. The van der Waals surface area contributed by atoms with Crippen molar-refractivity contribution in [2.45, 2.75) is 6.92 Å². The van der Waals surface area contributed by atoms with Gasteiger partial charge in [-0.15, -0.1) is 0 Å². The molecular formula is C10H7BrClNO. The molecule has 2 rings (SSSR count). The van der Waals surface area contributed by atoms with E-state index in [-0.39, 0.29) is 5.91 Å². The van der Waals surface area contributed by atoms with E-state index in [1.807, 2.05) is 18.2 Å². The minimum absolute atomic E-state index is 0.0154. The molecule has 0 aliphatic carbocycles. The Bertz CT molecular complexity index is 518. The maximum Gasteiger partial charge on any atom is 0.227 e. The lowest BCUT2D eigenvalue weighted by atomic mass is 10.2. The average molecular weight is 273 g/mol. The van der Waals surface area contributed by atoms with Crippen molar-refractivity contribution in [3.8, 4) is 0 Å². The van der Waals surface area contributed by atoms with Gasteiger partial charge in [-0.25, -0.2) is 0 Å². The highest BCUT2D eigenvalue weighted by molar-refractivity contribution is 9.10. The predicted octanol–water partition coefficient (Wildman–Crippen LogP) is 3.72. The van der Waals surface area contributed by atoms with Gasteiger partial charge in [0.05, 0.1) is 10.5 Å². The first-order chi connectivity index (χ1) is 6.61. The summed E-state index contributed by atoms with van der Waals surface area (Å²) in [6.45, 7) is 1.52. The Morgan fingerprint density at radius 3 is 2.79 bits per heavy atom. The number of carbonyl (C=O) groups excluding carboxylic acids is 1. The molecule has 0 saturated heterocycles. The van der Waals surface area contributed by atoms with E-state index in [0.717, 1.165) is 15.4 Å². The highest BCUT2D eigenvalue weighted by Crippen LogP contribution is 2.31. The third-order valence-corrected chi connectivity index (χ3v) is 3.40. The monoisotopic (exact) mass is 271 g/mol. The zero-order valence-corrected chi connectivity index (χ0v) is 9.76. The topological polar surface area (TPSA) is 22.0 Å². The molecule has 0 fully saturated rings. The number of carbonyl (C=O) groups is 1. The van der Waals surface area contributed by atoms with Gasteiger partial charge >= 0.3 is 0 Å². The van der Waals surface area contributed by atoms with E-state index in [0.29, 0.717) is 5.02 Å². The van der Waals surface area contributed by atoms with Gasteiger partial charge in [-0.05, 0) is 34.1 Å². The number of aromatic nitrogens is 1. The highest BCUT2D eigenvalue weighted by Gasteiger charge is 2.08. The van der Waals surface area contributed by atoms with Crippen molar-refractivity contribution < 1.29 is 4.79 Å². The van der Waals surface area contributed by atoms with Crippen LogP contribution < -0.4 is 0 Å². The molecule has 4 heteroatoms. The molecule has 0 N–H and O–H groups in total. The smallest absolute Gasteiger partial charge is 0.227 e. The van der Waals surface area contributed by atoms with Gasteiger partial charge in [0, 0.05) is 23.0 Å². The van der Waals surface area contributed by atoms with E-state index in [2.05, 4.69) is 15.9 Å². The van der Waals surface area contributed by atoms with Crippen molar-refractivity contribution >= 4 is 44.3 Å².